The summed E-state index contributed by atoms with van der Waals surface area (Å²) in [4.78, 5) is 1.22. The van der Waals surface area contributed by atoms with E-state index in [1.54, 1.807) is 11.3 Å². The van der Waals surface area contributed by atoms with Crippen molar-refractivity contribution in [2.75, 3.05) is 0 Å². The van der Waals surface area contributed by atoms with Crippen molar-refractivity contribution in [1.29, 1.82) is 0 Å². The smallest absolute Gasteiger partial charge is 0.0698 e. The van der Waals surface area contributed by atoms with Crippen molar-refractivity contribution in [2.45, 2.75) is 18.9 Å². The van der Waals surface area contributed by atoms with Crippen molar-refractivity contribution in [1.82, 2.24) is 0 Å². The Morgan fingerprint density at radius 2 is 2.21 bits per heavy atom. The van der Waals surface area contributed by atoms with Crippen LogP contribution < -0.4 is 0 Å². The Morgan fingerprint density at radius 1 is 1.43 bits per heavy atom. The first-order valence-corrected chi connectivity index (χ1v) is 6.37. The Kier molecular flexibility index (Phi) is 2.91. The molecule has 1 aromatic carbocycles. The highest BCUT2D eigenvalue weighted by Crippen LogP contribution is 2.31. The maximum Gasteiger partial charge on any atom is 0.0698 e. The minimum absolute atomic E-state index is 0.138. The highest BCUT2D eigenvalue weighted by atomic mass is 79.9. The van der Waals surface area contributed by atoms with Crippen molar-refractivity contribution in [3.8, 4) is 0 Å². The molecule has 3 heteroatoms. The van der Waals surface area contributed by atoms with Gasteiger partial charge in [-0.05, 0) is 29.5 Å². The summed E-state index contributed by atoms with van der Waals surface area (Å²) in [6, 6.07) is 6.38. The Balaban J connectivity index is 2.68. The minimum atomic E-state index is 0.138. The Labute approximate surface area is 95.5 Å². The van der Waals surface area contributed by atoms with Crippen molar-refractivity contribution < 1.29 is 5.11 Å². The molecule has 1 aromatic heterocycles. The van der Waals surface area contributed by atoms with Crippen LogP contribution in [0.2, 0.25) is 0 Å². The third-order valence-corrected chi connectivity index (χ3v) is 4.13. The van der Waals surface area contributed by atoms with Crippen molar-refractivity contribution in [2.24, 2.45) is 0 Å². The topological polar surface area (TPSA) is 20.2 Å². The number of thiophene rings is 1. The molecule has 14 heavy (non-hydrogen) atoms. The molecule has 0 bridgehead atoms. The molecule has 0 aliphatic rings. The molecule has 0 unspecified atom stereocenters. The summed E-state index contributed by atoms with van der Waals surface area (Å²) in [6.45, 7) is 2.20. The van der Waals surface area contributed by atoms with E-state index in [1.165, 1.54) is 20.5 Å². The third kappa shape index (κ3) is 1.60. The monoisotopic (exact) mass is 270 g/mol. The number of benzene rings is 1. The number of rotatable bonds is 2. The van der Waals surface area contributed by atoms with E-state index < -0.39 is 0 Å². The van der Waals surface area contributed by atoms with Gasteiger partial charge in [-0.3, -0.25) is 0 Å². The Hall–Kier alpha value is -0.380. The number of aliphatic hydroxyl groups is 1. The zero-order chi connectivity index (χ0) is 10.1. The number of aryl methyl sites for hydroxylation is 1. The van der Waals surface area contributed by atoms with Crippen LogP contribution in [0.5, 0.6) is 0 Å². The second-order valence-electron chi connectivity index (χ2n) is 3.26. The molecule has 0 saturated carbocycles. The molecule has 2 aromatic rings. The zero-order valence-corrected chi connectivity index (χ0v) is 10.3. The van der Waals surface area contributed by atoms with Gasteiger partial charge in [-0.25, -0.2) is 0 Å². The average Bonchev–Trinajstić information content (AvgIpc) is 2.51. The maximum atomic E-state index is 9.23. The predicted octanol–water partition coefficient (Wildman–Crippen LogP) is 3.60. The summed E-state index contributed by atoms with van der Waals surface area (Å²) in [6.07, 6.45) is 0. The number of aliphatic hydroxyl groups excluding tert-OH is 1. The van der Waals surface area contributed by atoms with Crippen LogP contribution in [0.25, 0.3) is 10.1 Å². The third-order valence-electron chi connectivity index (χ3n) is 2.37. The lowest BCUT2D eigenvalue weighted by atomic mass is 10.1. The molecule has 0 aliphatic heterocycles. The van der Waals surface area contributed by atoms with Crippen LogP contribution in [0.4, 0.5) is 0 Å². The van der Waals surface area contributed by atoms with Crippen LogP contribution in [0.15, 0.2) is 18.2 Å². The number of hydrogen-bond donors (Lipinski definition) is 1. The summed E-state index contributed by atoms with van der Waals surface area (Å²) in [7, 11) is 0. The van der Waals surface area contributed by atoms with E-state index in [0.717, 1.165) is 10.9 Å². The molecule has 2 rings (SSSR count). The predicted molar refractivity (Wildman–Crippen MR) is 65.1 cm³/mol. The first kappa shape index (κ1) is 10.1. The Morgan fingerprint density at radius 3 is 2.86 bits per heavy atom. The Bertz CT molecular complexity index is 462. The number of fused-ring (bicyclic) bond motifs is 1. The van der Waals surface area contributed by atoms with Crippen molar-refractivity contribution in [3.63, 3.8) is 0 Å². The minimum Gasteiger partial charge on any atom is -0.392 e. The van der Waals surface area contributed by atoms with Gasteiger partial charge in [0.05, 0.1) is 6.61 Å². The van der Waals surface area contributed by atoms with E-state index in [2.05, 4.69) is 41.1 Å². The van der Waals surface area contributed by atoms with E-state index in [-0.39, 0.29) is 6.61 Å². The van der Waals surface area contributed by atoms with E-state index in [4.69, 9.17) is 0 Å². The summed E-state index contributed by atoms with van der Waals surface area (Å²) in [5.74, 6) is 0. The molecular formula is C11H11BrOS. The normalized spacial score (nSPS) is 11.1. The quantitative estimate of drug-likeness (QED) is 0.827. The fraction of sp³-hybridized carbons (Fsp3) is 0.273. The SMILES string of the molecule is Cc1sc2cc(CBr)ccc2c1CO. The number of hydrogen-bond acceptors (Lipinski definition) is 2. The van der Waals surface area contributed by atoms with Crippen LogP contribution in [0.3, 0.4) is 0 Å². The standard InChI is InChI=1S/C11H11BrOS/c1-7-10(6-13)9-3-2-8(5-12)4-11(9)14-7/h2-4,13H,5-6H2,1H3. The van der Waals surface area contributed by atoms with Crippen LogP contribution in [-0.4, -0.2) is 5.11 Å². The van der Waals surface area contributed by atoms with Gasteiger partial charge in [-0.15, -0.1) is 11.3 Å². The molecular weight excluding hydrogens is 260 g/mol. The molecule has 0 fully saturated rings. The van der Waals surface area contributed by atoms with Crippen LogP contribution in [0.1, 0.15) is 16.0 Å². The lowest BCUT2D eigenvalue weighted by Gasteiger charge is -1.97. The van der Waals surface area contributed by atoms with Gasteiger partial charge < -0.3 is 5.11 Å². The summed E-state index contributed by atoms with van der Waals surface area (Å²) in [5, 5.41) is 11.3. The number of halogens is 1. The molecule has 1 heterocycles. The second kappa shape index (κ2) is 4.01. The molecule has 1 N–H and O–H groups in total. The van der Waals surface area contributed by atoms with Gasteiger partial charge in [0, 0.05) is 14.9 Å². The lowest BCUT2D eigenvalue weighted by Crippen LogP contribution is -1.82. The molecule has 0 saturated heterocycles. The molecule has 1 nitrogen and oxygen atoms in total. The molecule has 0 spiro atoms. The van der Waals surface area contributed by atoms with Crippen LogP contribution >= 0.6 is 27.3 Å². The molecule has 0 amide bonds. The van der Waals surface area contributed by atoms with E-state index >= 15 is 0 Å². The molecule has 0 aliphatic carbocycles. The van der Waals surface area contributed by atoms with Gasteiger partial charge in [-0.2, -0.15) is 0 Å². The summed E-state index contributed by atoms with van der Waals surface area (Å²) in [5.41, 5.74) is 2.36. The highest BCUT2D eigenvalue weighted by Gasteiger charge is 2.07. The second-order valence-corrected chi connectivity index (χ2v) is 5.08. The van der Waals surface area contributed by atoms with Crippen molar-refractivity contribution >= 4 is 37.4 Å². The maximum absolute atomic E-state index is 9.23. The highest BCUT2D eigenvalue weighted by molar-refractivity contribution is 9.08. The average molecular weight is 271 g/mol. The van der Waals surface area contributed by atoms with Gasteiger partial charge in [0.1, 0.15) is 0 Å². The van der Waals surface area contributed by atoms with Gasteiger partial charge in [0.15, 0.2) is 0 Å². The molecule has 74 valence electrons. The van der Waals surface area contributed by atoms with E-state index in [9.17, 15) is 5.11 Å². The van der Waals surface area contributed by atoms with Crippen LogP contribution in [0, 0.1) is 6.92 Å². The van der Waals surface area contributed by atoms with Gasteiger partial charge in [0.2, 0.25) is 0 Å². The van der Waals surface area contributed by atoms with E-state index in [1.807, 2.05) is 0 Å². The van der Waals surface area contributed by atoms with Gasteiger partial charge in [-0.1, -0.05) is 28.1 Å². The summed E-state index contributed by atoms with van der Waals surface area (Å²) < 4.78 is 1.27. The fourth-order valence-electron chi connectivity index (χ4n) is 1.60. The zero-order valence-electron chi connectivity index (χ0n) is 7.88. The fourth-order valence-corrected chi connectivity index (χ4v) is 3.08. The van der Waals surface area contributed by atoms with Crippen molar-refractivity contribution in [3.05, 3.63) is 34.2 Å². The molecule has 0 atom stereocenters. The first-order chi connectivity index (χ1) is 6.76. The first-order valence-electron chi connectivity index (χ1n) is 4.44. The van der Waals surface area contributed by atoms with Gasteiger partial charge >= 0.3 is 0 Å². The summed E-state index contributed by atoms with van der Waals surface area (Å²) >= 11 is 5.19. The lowest BCUT2D eigenvalue weighted by molar-refractivity contribution is 0.283. The van der Waals surface area contributed by atoms with Gasteiger partial charge in [0.25, 0.3) is 0 Å². The largest absolute Gasteiger partial charge is 0.392 e. The van der Waals surface area contributed by atoms with E-state index in [0.29, 0.717) is 0 Å². The molecule has 0 radical (unpaired) electrons. The number of alkyl halides is 1. The van der Waals surface area contributed by atoms with Crippen LogP contribution in [-0.2, 0) is 11.9 Å².